The largest absolute Gasteiger partial charge is 0.422 e. The van der Waals surface area contributed by atoms with Crippen LogP contribution in [0.5, 0.6) is 5.75 Å². The van der Waals surface area contributed by atoms with E-state index >= 15 is 0 Å². The Kier molecular flexibility index (Phi) is 4.02. The van der Waals surface area contributed by atoms with Crippen LogP contribution in [0.1, 0.15) is 34.3 Å². The van der Waals surface area contributed by atoms with Crippen molar-refractivity contribution >= 4 is 5.97 Å². The summed E-state index contributed by atoms with van der Waals surface area (Å²) in [6, 6.07) is 4.53. The SMILES string of the molecule is CCc1noc(C)c1C(=O)Oc1ccccc1C(F)(F)F. The molecule has 1 aromatic heterocycles. The molecule has 0 aliphatic carbocycles. The Morgan fingerprint density at radius 3 is 2.62 bits per heavy atom. The second kappa shape index (κ2) is 5.59. The van der Waals surface area contributed by atoms with Gasteiger partial charge in [-0.25, -0.2) is 4.79 Å². The number of aromatic nitrogens is 1. The highest BCUT2D eigenvalue weighted by atomic mass is 19.4. The van der Waals surface area contributed by atoms with Crippen molar-refractivity contribution in [2.45, 2.75) is 26.4 Å². The normalized spacial score (nSPS) is 11.5. The number of carbonyl (C=O) groups excluding carboxylic acids is 1. The molecule has 1 heterocycles. The number of hydrogen-bond donors (Lipinski definition) is 0. The molecule has 0 unspecified atom stereocenters. The fraction of sp³-hybridized carbons (Fsp3) is 0.286. The van der Waals surface area contributed by atoms with Crippen molar-refractivity contribution in [3.05, 3.63) is 46.8 Å². The highest BCUT2D eigenvalue weighted by Gasteiger charge is 2.35. The average molecular weight is 299 g/mol. The molecule has 0 aliphatic rings. The molecule has 0 amide bonds. The van der Waals surface area contributed by atoms with Crippen molar-refractivity contribution in [3.63, 3.8) is 0 Å². The van der Waals surface area contributed by atoms with Crippen LogP contribution in [0.15, 0.2) is 28.8 Å². The number of ether oxygens (including phenoxy) is 1. The number of rotatable bonds is 3. The maximum atomic E-state index is 12.8. The van der Waals surface area contributed by atoms with Gasteiger partial charge < -0.3 is 9.26 Å². The number of alkyl halides is 3. The molecule has 0 atom stereocenters. The molecule has 0 radical (unpaired) electrons. The van der Waals surface area contributed by atoms with E-state index in [2.05, 4.69) is 5.16 Å². The van der Waals surface area contributed by atoms with Crippen LogP contribution < -0.4 is 4.74 Å². The summed E-state index contributed by atoms with van der Waals surface area (Å²) in [5, 5.41) is 3.67. The predicted octanol–water partition coefficient (Wildman–Crippen LogP) is 3.78. The second-order valence-corrected chi connectivity index (χ2v) is 4.30. The maximum absolute atomic E-state index is 12.8. The van der Waals surface area contributed by atoms with Crippen LogP contribution >= 0.6 is 0 Å². The molecule has 21 heavy (non-hydrogen) atoms. The van der Waals surface area contributed by atoms with Gasteiger partial charge in [-0.15, -0.1) is 0 Å². The lowest BCUT2D eigenvalue weighted by molar-refractivity contribution is -0.138. The molecular formula is C14H12F3NO3. The third kappa shape index (κ3) is 3.07. The number of para-hydroxylation sites is 1. The molecular weight excluding hydrogens is 287 g/mol. The van der Waals surface area contributed by atoms with Crippen LogP contribution in [0.4, 0.5) is 13.2 Å². The predicted molar refractivity (Wildman–Crippen MR) is 67.0 cm³/mol. The highest BCUT2D eigenvalue weighted by molar-refractivity contribution is 5.93. The molecule has 2 rings (SSSR count). The lowest BCUT2D eigenvalue weighted by Gasteiger charge is -2.12. The molecule has 0 aliphatic heterocycles. The first-order valence-electron chi connectivity index (χ1n) is 6.18. The van der Waals surface area contributed by atoms with Gasteiger partial charge in [-0.1, -0.05) is 24.2 Å². The quantitative estimate of drug-likeness (QED) is 0.639. The Hall–Kier alpha value is -2.31. The molecule has 0 spiro atoms. The molecule has 112 valence electrons. The average Bonchev–Trinajstić information content (AvgIpc) is 2.79. The molecule has 1 aromatic carbocycles. The number of carbonyl (C=O) groups is 1. The van der Waals surface area contributed by atoms with Gasteiger partial charge in [0.2, 0.25) is 0 Å². The van der Waals surface area contributed by atoms with Gasteiger partial charge >= 0.3 is 12.1 Å². The Bertz CT molecular complexity index is 662. The van der Waals surface area contributed by atoms with Crippen LogP contribution in [0, 0.1) is 6.92 Å². The fourth-order valence-corrected chi connectivity index (χ4v) is 1.86. The van der Waals surface area contributed by atoms with Crippen molar-refractivity contribution < 1.29 is 27.2 Å². The van der Waals surface area contributed by atoms with E-state index in [4.69, 9.17) is 9.26 Å². The first kappa shape index (κ1) is 15.1. The zero-order chi connectivity index (χ0) is 15.6. The van der Waals surface area contributed by atoms with Gasteiger partial charge in [0, 0.05) is 0 Å². The maximum Gasteiger partial charge on any atom is 0.419 e. The summed E-state index contributed by atoms with van der Waals surface area (Å²) in [5.74, 6) is -1.25. The van der Waals surface area contributed by atoms with Crippen LogP contribution in [0.2, 0.25) is 0 Å². The van der Waals surface area contributed by atoms with Crippen LogP contribution in [-0.2, 0) is 12.6 Å². The summed E-state index contributed by atoms with van der Waals surface area (Å²) in [7, 11) is 0. The minimum atomic E-state index is -4.60. The zero-order valence-corrected chi connectivity index (χ0v) is 11.3. The summed E-state index contributed by atoms with van der Waals surface area (Å²) in [6.45, 7) is 3.25. The minimum Gasteiger partial charge on any atom is -0.422 e. The highest BCUT2D eigenvalue weighted by Crippen LogP contribution is 2.36. The zero-order valence-electron chi connectivity index (χ0n) is 11.3. The minimum absolute atomic E-state index is 0.0643. The molecule has 0 bridgehead atoms. The number of benzene rings is 1. The van der Waals surface area contributed by atoms with Crippen LogP contribution in [-0.4, -0.2) is 11.1 Å². The molecule has 2 aromatic rings. The molecule has 0 N–H and O–H groups in total. The van der Waals surface area contributed by atoms with Gasteiger partial charge in [-0.2, -0.15) is 13.2 Å². The van der Waals surface area contributed by atoms with E-state index in [1.807, 2.05) is 0 Å². The number of halogens is 3. The smallest absolute Gasteiger partial charge is 0.419 e. The third-order valence-electron chi connectivity index (χ3n) is 2.87. The topological polar surface area (TPSA) is 52.3 Å². The van der Waals surface area contributed by atoms with Crippen molar-refractivity contribution in [1.82, 2.24) is 5.16 Å². The van der Waals surface area contributed by atoms with E-state index in [0.29, 0.717) is 12.1 Å². The van der Waals surface area contributed by atoms with Gasteiger partial charge in [0.1, 0.15) is 17.1 Å². The van der Waals surface area contributed by atoms with Crippen molar-refractivity contribution in [2.75, 3.05) is 0 Å². The summed E-state index contributed by atoms with van der Waals surface area (Å²) in [6.07, 6.45) is -4.20. The van der Waals surface area contributed by atoms with Gasteiger partial charge in [-0.05, 0) is 25.5 Å². The lowest BCUT2D eigenvalue weighted by atomic mass is 10.1. The van der Waals surface area contributed by atoms with E-state index in [1.165, 1.54) is 19.1 Å². The van der Waals surface area contributed by atoms with Crippen LogP contribution in [0.25, 0.3) is 0 Å². The van der Waals surface area contributed by atoms with E-state index in [-0.39, 0.29) is 11.3 Å². The number of aryl methyl sites for hydroxylation is 2. The number of esters is 1. The van der Waals surface area contributed by atoms with E-state index < -0.39 is 23.5 Å². The lowest BCUT2D eigenvalue weighted by Crippen LogP contribution is -2.15. The molecule has 4 nitrogen and oxygen atoms in total. The Morgan fingerprint density at radius 1 is 1.33 bits per heavy atom. The first-order valence-corrected chi connectivity index (χ1v) is 6.18. The van der Waals surface area contributed by atoms with Gasteiger partial charge in [-0.3, -0.25) is 0 Å². The molecule has 7 heteroatoms. The van der Waals surface area contributed by atoms with Crippen LogP contribution in [0.3, 0.4) is 0 Å². The Labute approximate surface area is 118 Å². The van der Waals surface area contributed by atoms with Crippen molar-refractivity contribution in [1.29, 1.82) is 0 Å². The summed E-state index contributed by atoms with van der Waals surface area (Å²) >= 11 is 0. The number of nitrogens with zero attached hydrogens (tertiary/aromatic N) is 1. The second-order valence-electron chi connectivity index (χ2n) is 4.30. The standard InChI is InChI=1S/C14H12F3NO3/c1-3-10-12(8(2)21-18-10)13(19)20-11-7-5-4-6-9(11)14(15,16)17/h4-7H,3H2,1-2H3. The molecule has 0 saturated heterocycles. The fourth-order valence-electron chi connectivity index (χ4n) is 1.86. The van der Waals surface area contributed by atoms with Gasteiger partial charge in [0.25, 0.3) is 0 Å². The van der Waals surface area contributed by atoms with Gasteiger partial charge in [0.05, 0.1) is 11.3 Å². The summed E-state index contributed by atoms with van der Waals surface area (Å²) < 4.78 is 48.3. The summed E-state index contributed by atoms with van der Waals surface area (Å²) in [5.41, 5.74) is -0.595. The molecule has 0 fully saturated rings. The number of hydrogen-bond acceptors (Lipinski definition) is 4. The van der Waals surface area contributed by atoms with Gasteiger partial charge in [0.15, 0.2) is 0 Å². The monoisotopic (exact) mass is 299 g/mol. The van der Waals surface area contributed by atoms with E-state index in [9.17, 15) is 18.0 Å². The molecule has 0 saturated carbocycles. The van der Waals surface area contributed by atoms with Crippen molar-refractivity contribution in [3.8, 4) is 5.75 Å². The first-order chi connectivity index (χ1) is 9.84. The van der Waals surface area contributed by atoms with E-state index in [1.54, 1.807) is 6.92 Å². The third-order valence-corrected chi connectivity index (χ3v) is 2.87. The Morgan fingerprint density at radius 2 is 2.00 bits per heavy atom. The van der Waals surface area contributed by atoms with E-state index in [0.717, 1.165) is 12.1 Å². The summed E-state index contributed by atoms with van der Waals surface area (Å²) in [4.78, 5) is 12.1. The van der Waals surface area contributed by atoms with Crippen molar-refractivity contribution in [2.24, 2.45) is 0 Å². The Balaban J connectivity index is 2.35.